The van der Waals surface area contributed by atoms with E-state index < -0.39 is 16.2 Å². The van der Waals surface area contributed by atoms with E-state index in [9.17, 15) is 14.4 Å². The van der Waals surface area contributed by atoms with Crippen molar-refractivity contribution in [2.75, 3.05) is 40.3 Å². The topological polar surface area (TPSA) is 60.9 Å². The predicted molar refractivity (Wildman–Crippen MR) is 90.0 cm³/mol. The summed E-state index contributed by atoms with van der Waals surface area (Å²) in [5.41, 5.74) is -1.91. The standard InChI is InChI=1S/C18H29N3O3/c1-16-10-17(2,14(23)20(5)13(16)22)12-18(3,11-16)15(24)21-8-6-19(4)7-9-21/h6-12H2,1-5H3. The summed E-state index contributed by atoms with van der Waals surface area (Å²) in [4.78, 5) is 44.1. The first-order chi connectivity index (χ1) is 11.0. The van der Waals surface area contributed by atoms with Gasteiger partial charge in [-0.3, -0.25) is 19.3 Å². The molecule has 2 heterocycles. The fourth-order valence-corrected chi connectivity index (χ4v) is 5.52. The minimum absolute atomic E-state index is 0.109. The zero-order valence-corrected chi connectivity index (χ0v) is 15.5. The highest BCUT2D eigenvalue weighted by Crippen LogP contribution is 2.58. The molecular weight excluding hydrogens is 306 g/mol. The van der Waals surface area contributed by atoms with Gasteiger partial charge in [-0.05, 0) is 26.3 Å². The van der Waals surface area contributed by atoms with Crippen LogP contribution in [0.25, 0.3) is 0 Å². The number of rotatable bonds is 1. The smallest absolute Gasteiger partial charge is 0.234 e. The van der Waals surface area contributed by atoms with Crippen molar-refractivity contribution in [1.82, 2.24) is 14.7 Å². The van der Waals surface area contributed by atoms with E-state index in [1.54, 1.807) is 7.05 Å². The van der Waals surface area contributed by atoms with Gasteiger partial charge in [-0.15, -0.1) is 0 Å². The van der Waals surface area contributed by atoms with Crippen LogP contribution in [-0.4, -0.2) is 72.7 Å². The molecule has 3 fully saturated rings. The van der Waals surface area contributed by atoms with Crippen LogP contribution in [0.5, 0.6) is 0 Å². The lowest BCUT2D eigenvalue weighted by molar-refractivity contribution is -0.180. The van der Waals surface area contributed by atoms with Crippen LogP contribution >= 0.6 is 0 Å². The average Bonchev–Trinajstić information content (AvgIpc) is 2.50. The highest BCUT2D eigenvalue weighted by Gasteiger charge is 2.62. The van der Waals surface area contributed by atoms with Gasteiger partial charge in [0.25, 0.3) is 0 Å². The first-order valence-electron chi connectivity index (χ1n) is 8.81. The molecule has 0 aromatic heterocycles. The fourth-order valence-electron chi connectivity index (χ4n) is 5.52. The zero-order chi connectivity index (χ0) is 17.9. The largest absolute Gasteiger partial charge is 0.340 e. The normalized spacial score (nSPS) is 40.9. The predicted octanol–water partition coefficient (Wildman–Crippen LogP) is 0.962. The summed E-state index contributed by atoms with van der Waals surface area (Å²) in [6, 6.07) is 0. The number of piperazine rings is 1. The number of likely N-dealkylation sites (N-methyl/N-ethyl adjacent to an activating group) is 1. The molecule has 0 radical (unpaired) electrons. The molecular formula is C18H29N3O3. The van der Waals surface area contributed by atoms with Crippen LogP contribution in [0.3, 0.4) is 0 Å². The molecule has 6 nitrogen and oxygen atoms in total. The number of fused-ring (bicyclic) bond motifs is 2. The molecule has 2 atom stereocenters. The van der Waals surface area contributed by atoms with Gasteiger partial charge >= 0.3 is 0 Å². The van der Waals surface area contributed by atoms with Crippen LogP contribution in [-0.2, 0) is 14.4 Å². The third-order valence-electron chi connectivity index (χ3n) is 6.29. The molecule has 1 aliphatic carbocycles. The number of likely N-dealkylation sites (tertiary alicyclic amines) is 1. The Morgan fingerprint density at radius 1 is 0.833 bits per heavy atom. The van der Waals surface area contributed by atoms with E-state index in [2.05, 4.69) is 11.9 Å². The van der Waals surface area contributed by atoms with Crippen molar-refractivity contribution in [2.24, 2.45) is 16.2 Å². The van der Waals surface area contributed by atoms with Crippen molar-refractivity contribution >= 4 is 17.7 Å². The lowest BCUT2D eigenvalue weighted by atomic mass is 9.51. The van der Waals surface area contributed by atoms with E-state index in [-0.39, 0.29) is 17.7 Å². The molecule has 1 saturated carbocycles. The molecule has 2 saturated heterocycles. The molecule has 2 bridgehead atoms. The molecule has 3 aliphatic rings. The van der Waals surface area contributed by atoms with Gasteiger partial charge in [-0.2, -0.15) is 0 Å². The fraction of sp³-hybridized carbons (Fsp3) is 0.833. The van der Waals surface area contributed by atoms with Crippen molar-refractivity contribution in [3.05, 3.63) is 0 Å². The average molecular weight is 335 g/mol. The molecule has 0 aromatic carbocycles. The van der Waals surface area contributed by atoms with E-state index in [1.807, 2.05) is 25.7 Å². The quantitative estimate of drug-likeness (QED) is 0.670. The van der Waals surface area contributed by atoms with E-state index in [4.69, 9.17) is 0 Å². The molecule has 0 aromatic rings. The lowest BCUT2D eigenvalue weighted by Gasteiger charge is -2.56. The van der Waals surface area contributed by atoms with Crippen LogP contribution < -0.4 is 0 Å². The third kappa shape index (κ3) is 2.46. The maximum Gasteiger partial charge on any atom is 0.234 e. The second-order valence-electron chi connectivity index (χ2n) is 8.98. The van der Waals surface area contributed by atoms with Crippen LogP contribution in [0.4, 0.5) is 0 Å². The zero-order valence-electron chi connectivity index (χ0n) is 15.5. The first-order valence-corrected chi connectivity index (χ1v) is 8.81. The van der Waals surface area contributed by atoms with Crippen LogP contribution in [0, 0.1) is 16.2 Å². The van der Waals surface area contributed by atoms with Gasteiger partial charge in [0.05, 0.1) is 0 Å². The van der Waals surface area contributed by atoms with Gasteiger partial charge < -0.3 is 9.80 Å². The van der Waals surface area contributed by atoms with Crippen LogP contribution in [0.1, 0.15) is 40.0 Å². The highest BCUT2D eigenvalue weighted by molar-refractivity contribution is 6.04. The molecule has 3 rings (SSSR count). The van der Waals surface area contributed by atoms with Crippen LogP contribution in [0.15, 0.2) is 0 Å². The van der Waals surface area contributed by atoms with Crippen molar-refractivity contribution in [3.63, 3.8) is 0 Å². The van der Waals surface area contributed by atoms with Crippen molar-refractivity contribution in [3.8, 4) is 0 Å². The van der Waals surface area contributed by atoms with E-state index in [0.29, 0.717) is 19.3 Å². The van der Waals surface area contributed by atoms with Gasteiger partial charge in [-0.25, -0.2) is 0 Å². The Hall–Kier alpha value is -1.43. The Morgan fingerprint density at radius 2 is 1.29 bits per heavy atom. The molecule has 6 heteroatoms. The maximum atomic E-state index is 13.3. The second kappa shape index (κ2) is 5.28. The maximum absolute atomic E-state index is 13.3. The first kappa shape index (κ1) is 17.4. The molecule has 0 N–H and O–H groups in total. The summed E-state index contributed by atoms with van der Waals surface area (Å²) in [7, 11) is 3.63. The Labute approximate surface area is 144 Å². The molecule has 134 valence electrons. The highest BCUT2D eigenvalue weighted by atomic mass is 16.2. The molecule has 2 unspecified atom stereocenters. The van der Waals surface area contributed by atoms with E-state index >= 15 is 0 Å². The number of nitrogens with zero attached hydrogens (tertiary/aromatic N) is 3. The Kier molecular flexibility index (Phi) is 3.83. The van der Waals surface area contributed by atoms with Gasteiger partial charge in [0.15, 0.2) is 0 Å². The number of amides is 3. The number of carbonyl (C=O) groups excluding carboxylic acids is 3. The minimum atomic E-state index is -0.649. The number of hydrogen-bond donors (Lipinski definition) is 0. The Bertz CT molecular complexity index is 566. The molecule has 2 aliphatic heterocycles. The summed E-state index contributed by atoms with van der Waals surface area (Å²) in [5.74, 6) is -0.165. The Morgan fingerprint density at radius 3 is 1.75 bits per heavy atom. The number of piperidine rings is 1. The SMILES string of the molecule is CN1CCN(C(=O)C2(C)CC3(C)CC(C)(C2)C(=O)N(C)C3=O)CC1. The summed E-state index contributed by atoms with van der Waals surface area (Å²) >= 11 is 0. The van der Waals surface area contributed by atoms with Crippen molar-refractivity contribution < 1.29 is 14.4 Å². The monoisotopic (exact) mass is 335 g/mol. The van der Waals surface area contributed by atoms with Gasteiger partial charge in [0.2, 0.25) is 17.7 Å². The Balaban J connectivity index is 1.90. The molecule has 3 amide bonds. The van der Waals surface area contributed by atoms with Gasteiger partial charge in [-0.1, -0.05) is 20.8 Å². The van der Waals surface area contributed by atoms with E-state index in [0.717, 1.165) is 26.2 Å². The van der Waals surface area contributed by atoms with Gasteiger partial charge in [0.1, 0.15) is 0 Å². The number of imide groups is 1. The molecule has 0 spiro atoms. The summed E-state index contributed by atoms with van der Waals surface area (Å²) in [5, 5.41) is 0. The summed E-state index contributed by atoms with van der Waals surface area (Å²) in [6.07, 6.45) is 1.60. The van der Waals surface area contributed by atoms with E-state index in [1.165, 1.54) is 4.90 Å². The summed E-state index contributed by atoms with van der Waals surface area (Å²) in [6.45, 7) is 8.99. The summed E-state index contributed by atoms with van der Waals surface area (Å²) < 4.78 is 0. The van der Waals surface area contributed by atoms with Crippen LogP contribution in [0.2, 0.25) is 0 Å². The van der Waals surface area contributed by atoms with Gasteiger partial charge in [0, 0.05) is 49.5 Å². The minimum Gasteiger partial charge on any atom is -0.340 e. The van der Waals surface area contributed by atoms with Crippen molar-refractivity contribution in [1.29, 1.82) is 0 Å². The second-order valence-corrected chi connectivity index (χ2v) is 8.98. The third-order valence-corrected chi connectivity index (χ3v) is 6.29. The lowest BCUT2D eigenvalue weighted by Crippen LogP contribution is -2.64. The van der Waals surface area contributed by atoms with Crippen molar-refractivity contribution in [2.45, 2.75) is 40.0 Å². The number of carbonyl (C=O) groups is 3. The molecule has 24 heavy (non-hydrogen) atoms. The number of hydrogen-bond acceptors (Lipinski definition) is 4.